The monoisotopic (exact) mass is 482 g/mol. The summed E-state index contributed by atoms with van der Waals surface area (Å²) in [4.78, 5) is 12.9. The van der Waals surface area contributed by atoms with E-state index in [2.05, 4.69) is 10.0 Å². The Kier molecular flexibility index (Phi) is 6.14. The number of hydrogen-bond acceptors (Lipinski definition) is 7. The third-order valence-corrected chi connectivity index (χ3v) is 5.42. The van der Waals surface area contributed by atoms with Crippen molar-refractivity contribution < 1.29 is 27.4 Å². The molecule has 0 atom stereocenters. The summed E-state index contributed by atoms with van der Waals surface area (Å²) in [5.41, 5.74) is 3.17. The Morgan fingerprint density at radius 3 is 2.21 bits per heavy atom. The zero-order chi connectivity index (χ0) is 24.5. The van der Waals surface area contributed by atoms with Gasteiger partial charge in [-0.2, -0.15) is 0 Å². The lowest BCUT2D eigenvalue weighted by Crippen LogP contribution is -2.24. The molecule has 0 aromatic heterocycles. The van der Waals surface area contributed by atoms with Crippen molar-refractivity contribution in [1.29, 1.82) is 0 Å². The first-order valence-electron chi connectivity index (χ1n) is 10.6. The van der Waals surface area contributed by atoms with Gasteiger partial charge in [0.25, 0.3) is 0 Å². The Hall–Kier alpha value is -3.72. The number of fused-ring (bicyclic) bond motifs is 1. The number of hydrogen-bond donors (Lipinski definition) is 2. The molecule has 0 spiro atoms. The van der Waals surface area contributed by atoms with Gasteiger partial charge in [-0.3, -0.25) is 4.72 Å². The SMILES string of the molecule is CC(C)(C)OC(=O)c1ccc(-c2ccc(NS(C)(=O)=O)cc2)cc1Nc1ccc2c(c1)OCO2. The van der Waals surface area contributed by atoms with E-state index in [-0.39, 0.29) is 6.79 Å². The van der Waals surface area contributed by atoms with Gasteiger partial charge in [-0.15, -0.1) is 0 Å². The number of nitrogens with one attached hydrogen (secondary N) is 2. The van der Waals surface area contributed by atoms with E-state index in [0.717, 1.165) is 23.1 Å². The Bertz CT molecular complexity index is 1330. The highest BCUT2D eigenvalue weighted by Crippen LogP contribution is 2.36. The minimum absolute atomic E-state index is 0.168. The number of sulfonamides is 1. The molecule has 3 aromatic rings. The van der Waals surface area contributed by atoms with E-state index in [1.165, 1.54) is 0 Å². The molecular formula is C25H26N2O6S. The Morgan fingerprint density at radius 1 is 0.882 bits per heavy atom. The van der Waals surface area contributed by atoms with Gasteiger partial charge < -0.3 is 19.5 Å². The standard InChI is InChI=1S/C25H26N2O6S/c1-25(2,3)33-24(28)20-11-7-17(16-5-8-18(9-6-16)27-34(4,29)30)13-21(20)26-19-10-12-22-23(14-19)32-15-31-22/h5-14,26-27H,15H2,1-4H3. The van der Waals surface area contributed by atoms with Crippen LogP contribution in [0.3, 0.4) is 0 Å². The van der Waals surface area contributed by atoms with Crippen LogP contribution in [-0.4, -0.2) is 33.0 Å². The molecule has 1 heterocycles. The number of rotatable bonds is 6. The van der Waals surface area contributed by atoms with Crippen LogP contribution < -0.4 is 19.5 Å². The van der Waals surface area contributed by atoms with Crippen LogP contribution in [0.5, 0.6) is 11.5 Å². The molecule has 1 aliphatic heterocycles. The fraction of sp³-hybridized carbons (Fsp3) is 0.240. The molecule has 0 saturated carbocycles. The van der Waals surface area contributed by atoms with Crippen LogP contribution in [0.25, 0.3) is 11.1 Å². The van der Waals surface area contributed by atoms with E-state index in [4.69, 9.17) is 14.2 Å². The van der Waals surface area contributed by atoms with Crippen molar-refractivity contribution in [2.45, 2.75) is 26.4 Å². The molecule has 9 heteroatoms. The highest BCUT2D eigenvalue weighted by molar-refractivity contribution is 7.92. The van der Waals surface area contributed by atoms with Gasteiger partial charge in [0.15, 0.2) is 11.5 Å². The smallest absolute Gasteiger partial charge is 0.340 e. The first-order valence-corrected chi connectivity index (χ1v) is 12.5. The number of carbonyl (C=O) groups is 1. The highest BCUT2D eigenvalue weighted by atomic mass is 32.2. The van der Waals surface area contributed by atoms with Crippen LogP contribution in [0.15, 0.2) is 60.7 Å². The third kappa shape index (κ3) is 5.79. The molecule has 0 bridgehead atoms. The van der Waals surface area contributed by atoms with Crippen LogP contribution in [0.4, 0.5) is 17.1 Å². The first-order chi connectivity index (χ1) is 16.0. The summed E-state index contributed by atoms with van der Waals surface area (Å²) in [6.07, 6.45) is 1.10. The molecule has 2 N–H and O–H groups in total. The lowest BCUT2D eigenvalue weighted by molar-refractivity contribution is 0.00707. The fourth-order valence-corrected chi connectivity index (χ4v) is 3.98. The van der Waals surface area contributed by atoms with Crippen LogP contribution in [0.2, 0.25) is 0 Å². The zero-order valence-electron chi connectivity index (χ0n) is 19.3. The average molecular weight is 483 g/mol. The predicted molar refractivity (Wildman–Crippen MR) is 131 cm³/mol. The normalized spacial score (nSPS) is 12.8. The zero-order valence-corrected chi connectivity index (χ0v) is 20.2. The molecule has 3 aromatic carbocycles. The van der Waals surface area contributed by atoms with E-state index in [9.17, 15) is 13.2 Å². The maximum Gasteiger partial charge on any atom is 0.340 e. The molecule has 4 rings (SSSR count). The molecule has 0 saturated heterocycles. The van der Waals surface area contributed by atoms with Crippen molar-refractivity contribution in [3.63, 3.8) is 0 Å². The molecule has 0 aliphatic carbocycles. The summed E-state index contributed by atoms with van der Waals surface area (Å²) >= 11 is 0. The van der Waals surface area contributed by atoms with Crippen molar-refractivity contribution in [3.8, 4) is 22.6 Å². The van der Waals surface area contributed by atoms with Gasteiger partial charge in [-0.05, 0) is 68.3 Å². The van der Waals surface area contributed by atoms with Crippen molar-refractivity contribution in [1.82, 2.24) is 0 Å². The lowest BCUT2D eigenvalue weighted by Gasteiger charge is -2.21. The Labute approximate surface area is 198 Å². The second-order valence-corrected chi connectivity index (χ2v) is 10.7. The van der Waals surface area contributed by atoms with Crippen LogP contribution in [-0.2, 0) is 14.8 Å². The first kappa shape index (κ1) is 23.4. The van der Waals surface area contributed by atoms with Gasteiger partial charge in [0.05, 0.1) is 17.5 Å². The van der Waals surface area contributed by atoms with E-state index in [0.29, 0.717) is 28.4 Å². The second kappa shape index (κ2) is 8.90. The number of ether oxygens (including phenoxy) is 3. The number of carbonyl (C=O) groups excluding carboxylic acids is 1. The van der Waals surface area contributed by atoms with Crippen LogP contribution >= 0.6 is 0 Å². The summed E-state index contributed by atoms with van der Waals surface area (Å²) in [5, 5.41) is 3.29. The minimum atomic E-state index is -3.36. The highest BCUT2D eigenvalue weighted by Gasteiger charge is 2.22. The number of esters is 1. The van der Waals surface area contributed by atoms with Gasteiger partial charge in [-0.1, -0.05) is 18.2 Å². The molecule has 34 heavy (non-hydrogen) atoms. The topological polar surface area (TPSA) is 103 Å². The average Bonchev–Trinajstić information content (AvgIpc) is 3.20. The molecule has 1 aliphatic rings. The molecule has 0 fully saturated rings. The summed E-state index contributed by atoms with van der Waals surface area (Å²) in [6, 6.07) is 17.8. The fourth-order valence-electron chi connectivity index (χ4n) is 3.41. The van der Waals surface area contributed by atoms with E-state index in [1.807, 2.05) is 39.0 Å². The van der Waals surface area contributed by atoms with Gasteiger partial charge in [-0.25, -0.2) is 13.2 Å². The summed E-state index contributed by atoms with van der Waals surface area (Å²) in [5.74, 6) is 0.832. The van der Waals surface area contributed by atoms with Gasteiger partial charge in [0.2, 0.25) is 16.8 Å². The lowest BCUT2D eigenvalue weighted by atomic mass is 10.0. The molecule has 8 nitrogen and oxygen atoms in total. The van der Waals surface area contributed by atoms with E-state index < -0.39 is 21.6 Å². The summed E-state index contributed by atoms with van der Waals surface area (Å²) < 4.78 is 41.8. The van der Waals surface area contributed by atoms with E-state index in [1.54, 1.807) is 42.5 Å². The minimum Gasteiger partial charge on any atom is -0.456 e. The van der Waals surface area contributed by atoms with Crippen LogP contribution in [0.1, 0.15) is 31.1 Å². The Morgan fingerprint density at radius 2 is 1.53 bits per heavy atom. The van der Waals surface area contributed by atoms with Gasteiger partial charge in [0, 0.05) is 17.4 Å². The predicted octanol–water partition coefficient (Wildman–Crippen LogP) is 5.15. The quantitative estimate of drug-likeness (QED) is 0.468. The summed E-state index contributed by atoms with van der Waals surface area (Å²) in [6.45, 7) is 5.62. The molecule has 178 valence electrons. The summed E-state index contributed by atoms with van der Waals surface area (Å²) in [7, 11) is -3.36. The van der Waals surface area contributed by atoms with Gasteiger partial charge in [0.1, 0.15) is 5.60 Å². The van der Waals surface area contributed by atoms with Crippen molar-refractivity contribution in [3.05, 3.63) is 66.2 Å². The number of anilines is 3. The largest absolute Gasteiger partial charge is 0.456 e. The second-order valence-electron chi connectivity index (χ2n) is 8.91. The maximum atomic E-state index is 12.9. The van der Waals surface area contributed by atoms with Gasteiger partial charge >= 0.3 is 5.97 Å². The van der Waals surface area contributed by atoms with E-state index >= 15 is 0 Å². The molecular weight excluding hydrogens is 456 g/mol. The van der Waals surface area contributed by atoms with Crippen molar-refractivity contribution in [2.75, 3.05) is 23.1 Å². The maximum absolute atomic E-state index is 12.9. The molecule has 0 unspecified atom stereocenters. The third-order valence-electron chi connectivity index (χ3n) is 4.81. The molecule has 0 amide bonds. The van der Waals surface area contributed by atoms with Crippen molar-refractivity contribution >= 4 is 33.1 Å². The van der Waals surface area contributed by atoms with Crippen molar-refractivity contribution in [2.24, 2.45) is 0 Å². The Balaban J connectivity index is 1.69. The molecule has 0 radical (unpaired) electrons. The van der Waals surface area contributed by atoms with Crippen LogP contribution in [0, 0.1) is 0 Å². The number of benzene rings is 3.